The number of nitrogens with one attached hydrogen (secondary N) is 1. The van der Waals surface area contributed by atoms with Crippen LogP contribution < -0.4 is 5.32 Å². The van der Waals surface area contributed by atoms with Crippen molar-refractivity contribution in [1.82, 2.24) is 5.32 Å². The predicted molar refractivity (Wildman–Crippen MR) is 66.9 cm³/mol. The van der Waals surface area contributed by atoms with Gasteiger partial charge in [0.1, 0.15) is 0 Å². The van der Waals surface area contributed by atoms with Crippen molar-refractivity contribution in [2.45, 2.75) is 44.9 Å². The minimum Gasteiger partial charge on any atom is -0.310 e. The molecule has 0 heterocycles. The van der Waals surface area contributed by atoms with Gasteiger partial charge in [0.25, 0.3) is 0 Å². The minimum atomic E-state index is 0.743. The Bertz CT molecular complexity index is 185. The van der Waals surface area contributed by atoms with Gasteiger partial charge in [-0.05, 0) is 18.8 Å². The number of rotatable bonds is 7. The van der Waals surface area contributed by atoms with E-state index in [0.717, 1.165) is 29.5 Å². The molecule has 1 unspecified atom stereocenters. The van der Waals surface area contributed by atoms with E-state index in [1.165, 1.54) is 18.4 Å². The summed E-state index contributed by atoms with van der Waals surface area (Å²) < 4.78 is 0. The molecule has 0 aromatic heterocycles. The number of thioether (sulfide) groups is 1. The van der Waals surface area contributed by atoms with Gasteiger partial charge in [0.05, 0.1) is 0 Å². The monoisotopic (exact) mass is 213 g/mol. The summed E-state index contributed by atoms with van der Waals surface area (Å²) >= 11 is 2.03. The van der Waals surface area contributed by atoms with E-state index in [9.17, 15) is 0 Å². The van der Waals surface area contributed by atoms with E-state index < -0.39 is 0 Å². The first-order valence-corrected chi connectivity index (χ1v) is 6.66. The molecule has 0 radical (unpaired) electrons. The first-order valence-electron chi connectivity index (χ1n) is 5.61. The maximum Gasteiger partial charge on any atom is 0.0172 e. The number of hydrogen-bond acceptors (Lipinski definition) is 2. The lowest BCUT2D eigenvalue weighted by Gasteiger charge is -2.15. The maximum absolute atomic E-state index is 4.10. The molecule has 1 fully saturated rings. The molecule has 0 aromatic rings. The quantitative estimate of drug-likeness (QED) is 0.652. The molecule has 0 spiro atoms. The molecule has 1 rings (SSSR count). The Labute approximate surface area is 92.7 Å². The van der Waals surface area contributed by atoms with Crippen molar-refractivity contribution in [3.8, 4) is 0 Å². The normalized spacial score (nSPS) is 18.6. The van der Waals surface area contributed by atoms with Gasteiger partial charge in [-0.1, -0.05) is 32.9 Å². The van der Waals surface area contributed by atoms with Crippen molar-refractivity contribution in [3.05, 3.63) is 12.2 Å². The average Bonchev–Trinajstić information content (AvgIpc) is 2.94. The molecular formula is C12H23NS. The second-order valence-corrected chi connectivity index (χ2v) is 6.03. The molecule has 0 amide bonds. The Hall–Kier alpha value is 0.0500. The van der Waals surface area contributed by atoms with E-state index >= 15 is 0 Å². The number of hydrogen-bond donors (Lipinski definition) is 1. The molecule has 1 saturated carbocycles. The van der Waals surface area contributed by atoms with E-state index in [2.05, 4.69) is 32.7 Å². The van der Waals surface area contributed by atoms with Gasteiger partial charge in [0.2, 0.25) is 0 Å². The third-order valence-electron chi connectivity index (χ3n) is 2.71. The minimum absolute atomic E-state index is 0.743. The van der Waals surface area contributed by atoms with Crippen LogP contribution in [0.3, 0.4) is 0 Å². The van der Waals surface area contributed by atoms with Crippen LogP contribution in [0.2, 0.25) is 0 Å². The lowest BCUT2D eigenvalue weighted by atomic mass is 10.2. The summed E-state index contributed by atoms with van der Waals surface area (Å²) in [6.45, 7) is 12.0. The Morgan fingerprint density at radius 3 is 2.57 bits per heavy atom. The molecule has 1 aliphatic rings. The summed E-state index contributed by atoms with van der Waals surface area (Å²) in [6, 6.07) is 0.805. The summed E-state index contributed by atoms with van der Waals surface area (Å²) in [7, 11) is 0. The first-order chi connectivity index (χ1) is 6.59. The first kappa shape index (κ1) is 12.1. The standard InChI is InChI=1S/C12H23NS/c1-9(2)11(4)14-8-10(3)7-13-12-5-6-12/h9,11-13H,3,5-8H2,1-2,4H3. The third-order valence-corrected chi connectivity index (χ3v) is 4.35. The summed E-state index contributed by atoms with van der Waals surface area (Å²) in [4.78, 5) is 0. The summed E-state index contributed by atoms with van der Waals surface area (Å²) in [6.07, 6.45) is 2.73. The van der Waals surface area contributed by atoms with Crippen molar-refractivity contribution in [3.63, 3.8) is 0 Å². The van der Waals surface area contributed by atoms with E-state index in [0.29, 0.717) is 0 Å². The highest BCUT2D eigenvalue weighted by molar-refractivity contribution is 8.00. The Morgan fingerprint density at radius 2 is 2.07 bits per heavy atom. The predicted octanol–water partition coefficient (Wildman–Crippen LogP) is 3.07. The Balaban J connectivity index is 2.01. The summed E-state index contributed by atoms with van der Waals surface area (Å²) in [5.41, 5.74) is 1.34. The zero-order chi connectivity index (χ0) is 10.6. The van der Waals surface area contributed by atoms with Gasteiger partial charge in [-0.25, -0.2) is 0 Å². The van der Waals surface area contributed by atoms with Gasteiger partial charge in [-0.3, -0.25) is 0 Å². The second kappa shape index (κ2) is 5.82. The van der Waals surface area contributed by atoms with E-state index in [1.54, 1.807) is 0 Å². The second-order valence-electron chi connectivity index (χ2n) is 4.67. The fourth-order valence-corrected chi connectivity index (χ4v) is 2.05. The van der Waals surface area contributed by atoms with Crippen molar-refractivity contribution < 1.29 is 0 Å². The largest absolute Gasteiger partial charge is 0.310 e. The molecule has 0 aliphatic heterocycles. The van der Waals surface area contributed by atoms with Gasteiger partial charge in [-0.15, -0.1) is 0 Å². The van der Waals surface area contributed by atoms with Gasteiger partial charge in [0, 0.05) is 23.6 Å². The lowest BCUT2D eigenvalue weighted by Crippen LogP contribution is -2.20. The van der Waals surface area contributed by atoms with E-state index in [-0.39, 0.29) is 0 Å². The fourth-order valence-electron chi connectivity index (χ4n) is 1.07. The van der Waals surface area contributed by atoms with Crippen LogP contribution in [-0.2, 0) is 0 Å². The molecule has 0 saturated heterocycles. The van der Waals surface area contributed by atoms with Crippen LogP contribution in [0.1, 0.15) is 33.6 Å². The fraction of sp³-hybridized carbons (Fsp3) is 0.833. The molecule has 1 nitrogen and oxygen atoms in total. The average molecular weight is 213 g/mol. The van der Waals surface area contributed by atoms with Crippen LogP contribution in [-0.4, -0.2) is 23.6 Å². The van der Waals surface area contributed by atoms with Crippen LogP contribution >= 0.6 is 11.8 Å². The molecule has 1 atom stereocenters. The van der Waals surface area contributed by atoms with E-state index in [1.807, 2.05) is 11.8 Å². The third kappa shape index (κ3) is 5.06. The zero-order valence-corrected chi connectivity index (χ0v) is 10.5. The van der Waals surface area contributed by atoms with Crippen molar-refractivity contribution in [1.29, 1.82) is 0 Å². The van der Waals surface area contributed by atoms with Crippen LogP contribution in [0.25, 0.3) is 0 Å². The van der Waals surface area contributed by atoms with Gasteiger partial charge >= 0.3 is 0 Å². The van der Waals surface area contributed by atoms with Crippen LogP contribution in [0, 0.1) is 5.92 Å². The zero-order valence-electron chi connectivity index (χ0n) is 9.68. The van der Waals surface area contributed by atoms with Crippen LogP contribution in [0.15, 0.2) is 12.2 Å². The van der Waals surface area contributed by atoms with Crippen LogP contribution in [0.5, 0.6) is 0 Å². The van der Waals surface area contributed by atoms with Gasteiger partial charge in [0.15, 0.2) is 0 Å². The summed E-state index contributed by atoms with van der Waals surface area (Å²) in [5, 5.41) is 4.24. The molecule has 2 heteroatoms. The highest BCUT2D eigenvalue weighted by Gasteiger charge is 2.20. The molecule has 0 bridgehead atoms. The molecular weight excluding hydrogens is 190 g/mol. The SMILES string of the molecule is C=C(CNC1CC1)CSC(C)C(C)C. The highest BCUT2D eigenvalue weighted by Crippen LogP contribution is 2.22. The molecule has 1 aliphatic carbocycles. The van der Waals surface area contributed by atoms with Gasteiger partial charge < -0.3 is 5.32 Å². The van der Waals surface area contributed by atoms with Crippen molar-refractivity contribution in [2.24, 2.45) is 5.92 Å². The smallest absolute Gasteiger partial charge is 0.0172 e. The Kier molecular flexibility index (Phi) is 5.04. The molecule has 1 N–H and O–H groups in total. The molecule has 0 aromatic carbocycles. The van der Waals surface area contributed by atoms with E-state index in [4.69, 9.17) is 0 Å². The van der Waals surface area contributed by atoms with Crippen LogP contribution in [0.4, 0.5) is 0 Å². The van der Waals surface area contributed by atoms with Crippen molar-refractivity contribution in [2.75, 3.05) is 12.3 Å². The lowest BCUT2D eigenvalue weighted by molar-refractivity contribution is 0.642. The topological polar surface area (TPSA) is 12.0 Å². The highest BCUT2D eigenvalue weighted by atomic mass is 32.2. The summed E-state index contributed by atoms with van der Waals surface area (Å²) in [5.74, 6) is 1.88. The molecule has 82 valence electrons. The maximum atomic E-state index is 4.10. The van der Waals surface area contributed by atoms with Gasteiger partial charge in [-0.2, -0.15) is 11.8 Å². The molecule has 14 heavy (non-hydrogen) atoms. The van der Waals surface area contributed by atoms with Crippen molar-refractivity contribution >= 4 is 11.8 Å². The Morgan fingerprint density at radius 1 is 1.43 bits per heavy atom.